The number of likely N-dealkylation sites (tertiary alicyclic amines) is 1. The molecule has 0 aliphatic carbocycles. The Labute approximate surface area is 146 Å². The smallest absolute Gasteiger partial charge is 0.314 e. The minimum atomic E-state index is -0.933. The summed E-state index contributed by atoms with van der Waals surface area (Å²) in [7, 11) is 0. The Morgan fingerprint density at radius 3 is 2.76 bits per heavy atom. The SMILES string of the molecule is O=C(Cc1ccc2ccccc2c1)N1C[C@@H]2CCOC[C@]2(C(=O)O)C1. The molecule has 1 N–H and O–H groups in total. The quantitative estimate of drug-likeness (QED) is 0.932. The number of rotatable bonds is 3. The Hall–Kier alpha value is -2.40. The zero-order valence-corrected chi connectivity index (χ0v) is 14.0. The summed E-state index contributed by atoms with van der Waals surface area (Å²) in [5.41, 5.74) is 0.0244. The van der Waals surface area contributed by atoms with Gasteiger partial charge in [-0.15, -0.1) is 0 Å². The van der Waals surface area contributed by atoms with E-state index in [9.17, 15) is 14.7 Å². The number of amides is 1. The average molecular weight is 339 g/mol. The van der Waals surface area contributed by atoms with E-state index < -0.39 is 11.4 Å². The first-order chi connectivity index (χ1) is 12.1. The Morgan fingerprint density at radius 1 is 1.20 bits per heavy atom. The van der Waals surface area contributed by atoms with Gasteiger partial charge in [0, 0.05) is 19.7 Å². The van der Waals surface area contributed by atoms with Gasteiger partial charge in [0.1, 0.15) is 5.41 Å². The van der Waals surface area contributed by atoms with Crippen molar-refractivity contribution in [3.05, 3.63) is 48.0 Å². The van der Waals surface area contributed by atoms with Gasteiger partial charge in [-0.1, -0.05) is 42.5 Å². The number of benzene rings is 2. The summed E-state index contributed by atoms with van der Waals surface area (Å²) in [4.78, 5) is 26.3. The van der Waals surface area contributed by atoms with Crippen molar-refractivity contribution in [2.24, 2.45) is 11.3 Å². The van der Waals surface area contributed by atoms with E-state index in [-0.39, 0.29) is 25.0 Å². The van der Waals surface area contributed by atoms with Gasteiger partial charge in [0.15, 0.2) is 0 Å². The molecule has 5 nitrogen and oxygen atoms in total. The van der Waals surface area contributed by atoms with Crippen molar-refractivity contribution in [3.63, 3.8) is 0 Å². The van der Waals surface area contributed by atoms with Gasteiger partial charge in [-0.25, -0.2) is 0 Å². The highest BCUT2D eigenvalue weighted by atomic mass is 16.5. The molecule has 130 valence electrons. The van der Waals surface area contributed by atoms with Crippen LogP contribution in [0, 0.1) is 11.3 Å². The fourth-order valence-corrected chi connectivity index (χ4v) is 4.12. The predicted molar refractivity (Wildman–Crippen MR) is 93.2 cm³/mol. The van der Waals surface area contributed by atoms with E-state index >= 15 is 0 Å². The van der Waals surface area contributed by atoms with Crippen molar-refractivity contribution in [3.8, 4) is 0 Å². The Balaban J connectivity index is 1.52. The molecule has 0 unspecified atom stereocenters. The van der Waals surface area contributed by atoms with Gasteiger partial charge in [-0.3, -0.25) is 9.59 Å². The normalized spacial score (nSPS) is 25.8. The zero-order chi connectivity index (χ0) is 17.4. The van der Waals surface area contributed by atoms with Crippen LogP contribution in [0.1, 0.15) is 12.0 Å². The Morgan fingerprint density at radius 2 is 2.00 bits per heavy atom. The fraction of sp³-hybridized carbons (Fsp3) is 0.400. The topological polar surface area (TPSA) is 66.8 Å². The van der Waals surface area contributed by atoms with E-state index in [0.29, 0.717) is 26.0 Å². The van der Waals surface area contributed by atoms with Crippen molar-refractivity contribution < 1.29 is 19.4 Å². The van der Waals surface area contributed by atoms with E-state index in [2.05, 4.69) is 0 Å². The molecule has 2 heterocycles. The standard InChI is InChI=1S/C20H21NO4/c22-18(10-14-5-6-15-3-1-2-4-16(15)9-14)21-11-17-7-8-25-13-20(17,12-21)19(23)24/h1-6,9,17H,7-8,10-13H2,(H,23,24)/t17-,20+/m0/s1. The molecular weight excluding hydrogens is 318 g/mol. The molecule has 2 aromatic rings. The molecule has 2 aliphatic heterocycles. The van der Waals surface area contributed by atoms with Gasteiger partial charge < -0.3 is 14.7 Å². The van der Waals surface area contributed by atoms with Crippen LogP contribution in [0.25, 0.3) is 10.8 Å². The third kappa shape index (κ3) is 2.78. The molecule has 2 aromatic carbocycles. The lowest BCUT2D eigenvalue weighted by Crippen LogP contribution is -2.46. The minimum absolute atomic E-state index is 0.00898. The first-order valence-electron chi connectivity index (χ1n) is 8.65. The summed E-state index contributed by atoms with van der Waals surface area (Å²) in [6.07, 6.45) is 1.00. The number of fused-ring (bicyclic) bond motifs is 2. The van der Waals surface area contributed by atoms with E-state index in [4.69, 9.17) is 4.74 Å². The van der Waals surface area contributed by atoms with Crippen LogP contribution in [-0.4, -0.2) is 48.2 Å². The van der Waals surface area contributed by atoms with Gasteiger partial charge in [0.25, 0.3) is 0 Å². The first kappa shape index (κ1) is 16.1. The van der Waals surface area contributed by atoms with Crippen LogP contribution in [0.4, 0.5) is 0 Å². The number of carboxylic acid groups (broad SMARTS) is 1. The summed E-state index contributed by atoms with van der Waals surface area (Å²) in [5, 5.41) is 11.9. The molecule has 1 amide bonds. The maximum absolute atomic E-state index is 12.8. The fourth-order valence-electron chi connectivity index (χ4n) is 4.12. The molecule has 0 radical (unpaired) electrons. The lowest BCUT2D eigenvalue weighted by molar-refractivity contribution is -0.159. The van der Waals surface area contributed by atoms with E-state index in [1.54, 1.807) is 4.90 Å². The number of carboxylic acids is 1. The highest BCUT2D eigenvalue weighted by Gasteiger charge is 2.55. The first-order valence-corrected chi connectivity index (χ1v) is 8.65. The predicted octanol–water partition coefficient (Wildman–Crippen LogP) is 2.33. The summed E-state index contributed by atoms with van der Waals surface area (Å²) in [5.74, 6) is -0.872. The van der Waals surface area contributed by atoms with Crippen molar-refractivity contribution in [2.75, 3.05) is 26.3 Å². The number of hydrogen-bond acceptors (Lipinski definition) is 3. The van der Waals surface area contributed by atoms with E-state index in [1.165, 1.54) is 0 Å². The average Bonchev–Trinajstić information content (AvgIpc) is 3.03. The molecule has 2 saturated heterocycles. The molecule has 0 aromatic heterocycles. The molecular formula is C20H21NO4. The van der Waals surface area contributed by atoms with Crippen LogP contribution in [0.2, 0.25) is 0 Å². The lowest BCUT2D eigenvalue weighted by atomic mass is 9.76. The van der Waals surface area contributed by atoms with Gasteiger partial charge in [0.05, 0.1) is 13.0 Å². The van der Waals surface area contributed by atoms with Gasteiger partial charge in [-0.05, 0) is 28.7 Å². The monoisotopic (exact) mass is 339 g/mol. The maximum Gasteiger partial charge on any atom is 0.314 e. The minimum Gasteiger partial charge on any atom is -0.481 e. The van der Waals surface area contributed by atoms with E-state index in [0.717, 1.165) is 16.3 Å². The second-order valence-corrected chi connectivity index (χ2v) is 7.13. The highest BCUT2D eigenvalue weighted by Crippen LogP contribution is 2.41. The molecule has 0 saturated carbocycles. The molecule has 25 heavy (non-hydrogen) atoms. The Kier molecular flexibility index (Phi) is 3.96. The summed E-state index contributed by atoms with van der Waals surface area (Å²) >= 11 is 0. The maximum atomic E-state index is 12.8. The van der Waals surface area contributed by atoms with Gasteiger partial charge >= 0.3 is 5.97 Å². The van der Waals surface area contributed by atoms with Crippen molar-refractivity contribution in [2.45, 2.75) is 12.8 Å². The number of carbonyl (C=O) groups is 2. The van der Waals surface area contributed by atoms with E-state index in [1.807, 2.05) is 42.5 Å². The van der Waals surface area contributed by atoms with Crippen molar-refractivity contribution in [1.82, 2.24) is 4.90 Å². The van der Waals surface area contributed by atoms with Crippen LogP contribution in [-0.2, 0) is 20.7 Å². The third-order valence-electron chi connectivity index (χ3n) is 5.61. The molecule has 2 aliphatic rings. The number of nitrogens with zero attached hydrogens (tertiary/aromatic N) is 1. The number of ether oxygens (including phenoxy) is 1. The summed E-state index contributed by atoms with van der Waals surface area (Å²) < 4.78 is 5.42. The molecule has 2 fully saturated rings. The van der Waals surface area contributed by atoms with Crippen LogP contribution in [0.3, 0.4) is 0 Å². The van der Waals surface area contributed by atoms with Crippen LogP contribution in [0.15, 0.2) is 42.5 Å². The van der Waals surface area contributed by atoms with Crippen LogP contribution >= 0.6 is 0 Å². The summed E-state index contributed by atoms with van der Waals surface area (Å²) in [6, 6.07) is 14.1. The van der Waals surface area contributed by atoms with Gasteiger partial charge in [0.2, 0.25) is 5.91 Å². The Bertz CT molecular complexity index is 833. The third-order valence-corrected chi connectivity index (χ3v) is 5.61. The number of aliphatic carboxylic acids is 1. The molecule has 2 atom stereocenters. The summed E-state index contributed by atoms with van der Waals surface area (Å²) in [6.45, 7) is 1.54. The van der Waals surface area contributed by atoms with Crippen LogP contribution < -0.4 is 0 Å². The number of hydrogen-bond donors (Lipinski definition) is 1. The lowest BCUT2D eigenvalue weighted by Gasteiger charge is -2.33. The molecule has 0 spiro atoms. The molecule has 5 heteroatoms. The number of carbonyl (C=O) groups excluding carboxylic acids is 1. The second-order valence-electron chi connectivity index (χ2n) is 7.13. The van der Waals surface area contributed by atoms with Gasteiger partial charge in [-0.2, -0.15) is 0 Å². The molecule has 0 bridgehead atoms. The molecule has 4 rings (SSSR count). The second kappa shape index (κ2) is 6.15. The van der Waals surface area contributed by atoms with Crippen LogP contribution in [0.5, 0.6) is 0 Å². The van der Waals surface area contributed by atoms with Crippen molar-refractivity contribution in [1.29, 1.82) is 0 Å². The largest absolute Gasteiger partial charge is 0.481 e. The van der Waals surface area contributed by atoms with Crippen molar-refractivity contribution >= 4 is 22.6 Å². The zero-order valence-electron chi connectivity index (χ0n) is 14.0. The highest BCUT2D eigenvalue weighted by molar-refractivity contribution is 5.86.